The van der Waals surface area contributed by atoms with E-state index in [1.165, 1.54) is 7.11 Å². The highest BCUT2D eigenvalue weighted by atomic mass is 16.7. The van der Waals surface area contributed by atoms with Gasteiger partial charge in [-0.15, -0.1) is 0 Å². The van der Waals surface area contributed by atoms with Crippen molar-refractivity contribution in [2.24, 2.45) is 0 Å². The first-order chi connectivity index (χ1) is 10.7. The van der Waals surface area contributed by atoms with Crippen molar-refractivity contribution in [3.05, 3.63) is 24.1 Å². The van der Waals surface area contributed by atoms with Gasteiger partial charge < -0.3 is 18.5 Å². The lowest BCUT2D eigenvalue weighted by Gasteiger charge is -2.32. The second-order valence-corrected chi connectivity index (χ2v) is 6.68. The number of oxazole rings is 1. The predicted molar refractivity (Wildman–Crippen MR) is 85.4 cm³/mol. The first-order valence-electron chi connectivity index (χ1n) is 7.54. The molecule has 7 heteroatoms. The Morgan fingerprint density at radius 1 is 1.22 bits per heavy atom. The maximum absolute atomic E-state index is 11.3. The number of nitrogens with zero attached hydrogens (tertiary/aromatic N) is 1. The second kappa shape index (κ2) is 5.35. The summed E-state index contributed by atoms with van der Waals surface area (Å²) in [5.41, 5.74) is 1.35. The lowest BCUT2D eigenvalue weighted by atomic mass is 9.79. The number of esters is 1. The molecule has 0 bridgehead atoms. The normalized spacial score (nSPS) is 19.3. The Morgan fingerprint density at radius 3 is 2.48 bits per heavy atom. The van der Waals surface area contributed by atoms with Gasteiger partial charge in [0.15, 0.2) is 5.58 Å². The molecule has 0 amide bonds. The number of aromatic nitrogens is 1. The number of hydrogen-bond donors (Lipinski definition) is 0. The molecule has 23 heavy (non-hydrogen) atoms. The molecular weight excluding hydrogens is 297 g/mol. The molecule has 1 aliphatic heterocycles. The van der Waals surface area contributed by atoms with E-state index in [2.05, 4.69) is 9.72 Å². The number of hydrogen-bond acceptors (Lipinski definition) is 6. The maximum Gasteiger partial charge on any atom is 0.494 e. The molecule has 1 saturated heterocycles. The predicted octanol–water partition coefficient (Wildman–Crippen LogP) is 1.84. The molecule has 2 aromatic rings. The molecule has 0 spiro atoms. The third-order valence-corrected chi connectivity index (χ3v) is 4.50. The summed E-state index contributed by atoms with van der Waals surface area (Å²) in [6, 6.07) is 5.56. The molecule has 1 aliphatic rings. The van der Waals surface area contributed by atoms with Crippen LogP contribution in [0, 0.1) is 0 Å². The van der Waals surface area contributed by atoms with Gasteiger partial charge in [0, 0.05) is 0 Å². The SMILES string of the molecule is COC(=O)Cc1nc2cc(B3OC(C)(C)C(C)(C)O3)ccc2o1. The van der Waals surface area contributed by atoms with E-state index in [0.717, 1.165) is 5.46 Å². The number of rotatable bonds is 3. The van der Waals surface area contributed by atoms with Crippen molar-refractivity contribution in [1.29, 1.82) is 0 Å². The van der Waals surface area contributed by atoms with Gasteiger partial charge in [0.2, 0.25) is 5.89 Å². The van der Waals surface area contributed by atoms with Crippen LogP contribution < -0.4 is 5.46 Å². The molecule has 0 radical (unpaired) electrons. The topological polar surface area (TPSA) is 70.8 Å². The van der Waals surface area contributed by atoms with E-state index < -0.39 is 18.3 Å². The zero-order valence-corrected chi connectivity index (χ0v) is 14.0. The van der Waals surface area contributed by atoms with Crippen molar-refractivity contribution in [2.75, 3.05) is 7.11 Å². The summed E-state index contributed by atoms with van der Waals surface area (Å²) >= 11 is 0. The van der Waals surface area contributed by atoms with Gasteiger partial charge >= 0.3 is 13.1 Å². The van der Waals surface area contributed by atoms with Crippen LogP contribution in [-0.4, -0.2) is 36.4 Å². The summed E-state index contributed by atoms with van der Waals surface area (Å²) in [6.07, 6.45) is 0.0109. The summed E-state index contributed by atoms with van der Waals surface area (Å²) < 4.78 is 22.2. The van der Waals surface area contributed by atoms with Crippen molar-refractivity contribution >= 4 is 29.7 Å². The van der Waals surface area contributed by atoms with Crippen molar-refractivity contribution in [3.8, 4) is 0 Å². The molecule has 1 aromatic carbocycles. The average molecular weight is 317 g/mol. The number of carbonyl (C=O) groups is 1. The van der Waals surface area contributed by atoms with Crippen LogP contribution in [0.1, 0.15) is 33.6 Å². The van der Waals surface area contributed by atoms with Gasteiger partial charge in [-0.3, -0.25) is 4.79 Å². The van der Waals surface area contributed by atoms with Crippen LogP contribution in [0.15, 0.2) is 22.6 Å². The van der Waals surface area contributed by atoms with Crippen LogP contribution in [0.25, 0.3) is 11.1 Å². The van der Waals surface area contributed by atoms with Crippen LogP contribution in [0.5, 0.6) is 0 Å². The first kappa shape index (κ1) is 16.0. The third kappa shape index (κ3) is 2.86. The minimum atomic E-state index is -0.454. The molecule has 0 N–H and O–H groups in total. The van der Waals surface area contributed by atoms with E-state index >= 15 is 0 Å². The van der Waals surface area contributed by atoms with E-state index in [-0.39, 0.29) is 12.4 Å². The summed E-state index contributed by atoms with van der Waals surface area (Å²) in [5.74, 6) is -0.0549. The smallest absolute Gasteiger partial charge is 0.469 e. The minimum Gasteiger partial charge on any atom is -0.469 e. The Balaban J connectivity index is 1.88. The molecule has 3 rings (SSSR count). The largest absolute Gasteiger partial charge is 0.494 e. The fraction of sp³-hybridized carbons (Fsp3) is 0.500. The van der Waals surface area contributed by atoms with Gasteiger partial charge in [-0.2, -0.15) is 0 Å². The Morgan fingerprint density at radius 2 is 1.87 bits per heavy atom. The molecule has 0 aliphatic carbocycles. The number of carbonyl (C=O) groups excluding carboxylic acids is 1. The molecular formula is C16H20BNO5. The van der Waals surface area contributed by atoms with Gasteiger partial charge in [-0.05, 0) is 45.3 Å². The first-order valence-corrected chi connectivity index (χ1v) is 7.54. The maximum atomic E-state index is 11.3. The van der Waals surface area contributed by atoms with Crippen molar-refractivity contribution in [3.63, 3.8) is 0 Å². The fourth-order valence-electron chi connectivity index (χ4n) is 2.39. The van der Waals surface area contributed by atoms with Gasteiger partial charge in [0.05, 0.1) is 18.3 Å². The van der Waals surface area contributed by atoms with Crippen molar-refractivity contribution in [2.45, 2.75) is 45.3 Å². The van der Waals surface area contributed by atoms with E-state index in [1.807, 2.05) is 45.9 Å². The summed E-state index contributed by atoms with van der Waals surface area (Å²) in [4.78, 5) is 15.6. The lowest BCUT2D eigenvalue weighted by Crippen LogP contribution is -2.41. The molecule has 0 atom stereocenters. The zero-order valence-electron chi connectivity index (χ0n) is 14.0. The Kier molecular flexibility index (Phi) is 3.73. The molecule has 122 valence electrons. The average Bonchev–Trinajstić information content (AvgIpc) is 2.95. The van der Waals surface area contributed by atoms with E-state index in [0.29, 0.717) is 17.0 Å². The minimum absolute atomic E-state index is 0.0109. The number of ether oxygens (including phenoxy) is 1. The van der Waals surface area contributed by atoms with E-state index in [4.69, 9.17) is 13.7 Å². The van der Waals surface area contributed by atoms with Crippen molar-refractivity contribution in [1.82, 2.24) is 4.98 Å². The molecule has 0 unspecified atom stereocenters. The Hall–Kier alpha value is -1.86. The van der Waals surface area contributed by atoms with Gasteiger partial charge in [0.25, 0.3) is 0 Å². The van der Waals surface area contributed by atoms with Crippen LogP contribution >= 0.6 is 0 Å². The molecule has 0 saturated carbocycles. The third-order valence-electron chi connectivity index (χ3n) is 4.50. The van der Waals surface area contributed by atoms with Crippen LogP contribution in [0.3, 0.4) is 0 Å². The Labute approximate surface area is 135 Å². The fourth-order valence-corrected chi connectivity index (χ4v) is 2.39. The van der Waals surface area contributed by atoms with E-state index in [1.54, 1.807) is 0 Å². The molecule has 2 heterocycles. The Bertz CT molecular complexity index is 736. The summed E-state index contributed by atoms with van der Waals surface area (Å²) in [5, 5.41) is 0. The monoisotopic (exact) mass is 317 g/mol. The quantitative estimate of drug-likeness (QED) is 0.635. The van der Waals surface area contributed by atoms with Gasteiger partial charge in [0.1, 0.15) is 11.9 Å². The number of benzene rings is 1. The van der Waals surface area contributed by atoms with Crippen LogP contribution in [0.2, 0.25) is 0 Å². The lowest BCUT2D eigenvalue weighted by molar-refractivity contribution is -0.140. The highest BCUT2D eigenvalue weighted by Gasteiger charge is 2.51. The van der Waals surface area contributed by atoms with Gasteiger partial charge in [-0.25, -0.2) is 4.98 Å². The van der Waals surface area contributed by atoms with Gasteiger partial charge in [-0.1, -0.05) is 6.07 Å². The standard InChI is InChI=1S/C16H20BNO5/c1-15(2)16(3,4)23-17(22-15)10-6-7-12-11(8-10)18-13(21-12)9-14(19)20-5/h6-8H,9H2,1-5H3. The summed E-state index contributed by atoms with van der Waals surface area (Å²) in [7, 11) is 0.881. The number of fused-ring (bicyclic) bond motifs is 1. The van der Waals surface area contributed by atoms with Crippen molar-refractivity contribution < 1.29 is 23.3 Å². The molecule has 6 nitrogen and oxygen atoms in total. The highest BCUT2D eigenvalue weighted by molar-refractivity contribution is 6.62. The van der Waals surface area contributed by atoms with E-state index in [9.17, 15) is 4.79 Å². The zero-order chi connectivity index (χ0) is 16.8. The summed E-state index contributed by atoms with van der Waals surface area (Å²) in [6.45, 7) is 8.04. The highest BCUT2D eigenvalue weighted by Crippen LogP contribution is 2.36. The second-order valence-electron chi connectivity index (χ2n) is 6.68. The van der Waals surface area contributed by atoms with Crippen LogP contribution in [0.4, 0.5) is 0 Å². The molecule has 1 aromatic heterocycles. The van der Waals surface area contributed by atoms with Crippen LogP contribution in [-0.2, 0) is 25.3 Å². The molecule has 1 fully saturated rings. The number of methoxy groups -OCH3 is 1.